The summed E-state index contributed by atoms with van der Waals surface area (Å²) in [5, 5.41) is 8.84. The van der Waals surface area contributed by atoms with Crippen LogP contribution in [-0.2, 0) is 0 Å². The number of rotatable bonds is 4. The van der Waals surface area contributed by atoms with E-state index in [9.17, 15) is 0 Å². The van der Waals surface area contributed by atoms with E-state index in [0.29, 0.717) is 6.54 Å². The standard InChI is InChI=1S/C10H15BrN2O/c1-13(6-8(12)7-14)10-5-3-2-4-9(10)11/h2-5,8,14H,6-7,12H2,1H3. The second kappa shape index (κ2) is 5.34. The number of aliphatic hydroxyl groups excluding tert-OH is 1. The first kappa shape index (κ1) is 11.5. The molecule has 1 atom stereocenters. The number of likely N-dealkylation sites (N-methyl/N-ethyl adjacent to an activating group) is 1. The Balaban J connectivity index is 2.69. The van der Waals surface area contributed by atoms with Crippen molar-refractivity contribution in [3.8, 4) is 0 Å². The van der Waals surface area contributed by atoms with Crippen molar-refractivity contribution >= 4 is 21.6 Å². The number of hydrogen-bond acceptors (Lipinski definition) is 3. The highest BCUT2D eigenvalue weighted by Gasteiger charge is 2.08. The number of anilines is 1. The molecule has 1 aromatic carbocycles. The molecule has 0 spiro atoms. The third kappa shape index (κ3) is 2.97. The molecule has 0 saturated carbocycles. The van der Waals surface area contributed by atoms with Crippen molar-refractivity contribution in [1.29, 1.82) is 0 Å². The number of nitrogens with zero attached hydrogens (tertiary/aromatic N) is 1. The lowest BCUT2D eigenvalue weighted by Crippen LogP contribution is -2.37. The summed E-state index contributed by atoms with van der Waals surface area (Å²) < 4.78 is 1.03. The van der Waals surface area contributed by atoms with Crippen molar-refractivity contribution in [2.75, 3.05) is 25.1 Å². The SMILES string of the molecule is CN(CC(N)CO)c1ccccc1Br. The summed E-state index contributed by atoms with van der Waals surface area (Å²) in [6.07, 6.45) is 0. The fourth-order valence-electron chi connectivity index (χ4n) is 1.27. The van der Waals surface area contributed by atoms with Gasteiger partial charge in [0, 0.05) is 24.1 Å². The van der Waals surface area contributed by atoms with Crippen molar-refractivity contribution in [3.63, 3.8) is 0 Å². The molecular formula is C10H15BrN2O. The summed E-state index contributed by atoms with van der Waals surface area (Å²) in [6.45, 7) is 0.647. The Bertz CT molecular complexity index is 293. The van der Waals surface area contributed by atoms with Crippen molar-refractivity contribution in [3.05, 3.63) is 28.7 Å². The van der Waals surface area contributed by atoms with Crippen LogP contribution in [0.5, 0.6) is 0 Å². The topological polar surface area (TPSA) is 49.5 Å². The van der Waals surface area contributed by atoms with Crippen LogP contribution in [0.1, 0.15) is 0 Å². The van der Waals surface area contributed by atoms with Gasteiger partial charge >= 0.3 is 0 Å². The molecule has 1 unspecified atom stereocenters. The molecule has 78 valence electrons. The Hall–Kier alpha value is -0.580. The second-order valence-corrected chi connectivity index (χ2v) is 4.13. The number of para-hydroxylation sites is 1. The van der Waals surface area contributed by atoms with Crippen LogP contribution in [0.15, 0.2) is 28.7 Å². The monoisotopic (exact) mass is 258 g/mol. The molecule has 0 aliphatic heterocycles. The van der Waals surface area contributed by atoms with Crippen LogP contribution in [0, 0.1) is 0 Å². The van der Waals surface area contributed by atoms with Gasteiger partial charge in [-0.05, 0) is 28.1 Å². The number of nitrogens with two attached hydrogens (primary N) is 1. The van der Waals surface area contributed by atoms with Crippen LogP contribution in [0.2, 0.25) is 0 Å². The molecule has 3 N–H and O–H groups in total. The summed E-state index contributed by atoms with van der Waals surface area (Å²) in [6, 6.07) is 7.73. The maximum absolute atomic E-state index is 8.84. The molecule has 3 nitrogen and oxygen atoms in total. The molecule has 1 aromatic rings. The number of hydrogen-bond donors (Lipinski definition) is 2. The van der Waals surface area contributed by atoms with E-state index in [1.165, 1.54) is 0 Å². The zero-order chi connectivity index (χ0) is 10.6. The molecule has 0 fully saturated rings. The smallest absolute Gasteiger partial charge is 0.0599 e. The van der Waals surface area contributed by atoms with Crippen LogP contribution < -0.4 is 10.6 Å². The Morgan fingerprint density at radius 2 is 2.14 bits per heavy atom. The summed E-state index contributed by atoms with van der Waals surface area (Å²) in [4.78, 5) is 2.02. The van der Waals surface area contributed by atoms with Gasteiger partial charge in [-0.3, -0.25) is 0 Å². The van der Waals surface area contributed by atoms with Gasteiger partial charge in [0.15, 0.2) is 0 Å². The van der Waals surface area contributed by atoms with Gasteiger partial charge < -0.3 is 15.7 Å². The first-order valence-electron chi connectivity index (χ1n) is 4.47. The van der Waals surface area contributed by atoms with E-state index in [1.54, 1.807) is 0 Å². The lowest BCUT2D eigenvalue weighted by atomic mass is 10.2. The molecule has 0 radical (unpaired) electrons. The van der Waals surface area contributed by atoms with E-state index < -0.39 is 0 Å². The summed E-state index contributed by atoms with van der Waals surface area (Å²) in [7, 11) is 1.95. The van der Waals surface area contributed by atoms with E-state index in [-0.39, 0.29) is 12.6 Å². The third-order valence-electron chi connectivity index (χ3n) is 2.01. The van der Waals surface area contributed by atoms with Crippen LogP contribution in [0.3, 0.4) is 0 Å². The van der Waals surface area contributed by atoms with Crippen LogP contribution in [0.4, 0.5) is 5.69 Å². The predicted molar refractivity (Wildman–Crippen MR) is 62.5 cm³/mol. The Labute approximate surface area is 92.7 Å². The Kier molecular flexibility index (Phi) is 4.38. The predicted octanol–water partition coefficient (Wildman–Crippen LogP) is 1.20. The molecule has 0 aliphatic carbocycles. The molecule has 1 rings (SSSR count). The van der Waals surface area contributed by atoms with Crippen molar-refractivity contribution in [2.45, 2.75) is 6.04 Å². The van der Waals surface area contributed by atoms with E-state index in [0.717, 1.165) is 10.2 Å². The van der Waals surface area contributed by atoms with Crippen molar-refractivity contribution in [1.82, 2.24) is 0 Å². The minimum absolute atomic E-state index is 0.00872. The summed E-state index contributed by atoms with van der Waals surface area (Å²) in [5.74, 6) is 0. The van der Waals surface area contributed by atoms with Gasteiger partial charge in [-0.25, -0.2) is 0 Å². The van der Waals surface area contributed by atoms with Gasteiger partial charge in [-0.15, -0.1) is 0 Å². The van der Waals surface area contributed by atoms with Crippen LogP contribution in [0.25, 0.3) is 0 Å². The fourth-order valence-corrected chi connectivity index (χ4v) is 1.86. The van der Waals surface area contributed by atoms with Crippen LogP contribution >= 0.6 is 15.9 Å². The molecule has 0 bridgehead atoms. The van der Waals surface area contributed by atoms with Gasteiger partial charge in [-0.1, -0.05) is 12.1 Å². The second-order valence-electron chi connectivity index (χ2n) is 3.27. The van der Waals surface area contributed by atoms with E-state index in [2.05, 4.69) is 15.9 Å². The average molecular weight is 259 g/mol. The molecule has 0 aliphatic rings. The molecule has 14 heavy (non-hydrogen) atoms. The largest absolute Gasteiger partial charge is 0.395 e. The quantitative estimate of drug-likeness (QED) is 0.854. The van der Waals surface area contributed by atoms with E-state index >= 15 is 0 Å². The highest BCUT2D eigenvalue weighted by Crippen LogP contribution is 2.24. The Morgan fingerprint density at radius 1 is 1.50 bits per heavy atom. The summed E-state index contributed by atoms with van der Waals surface area (Å²) >= 11 is 3.46. The van der Waals surface area contributed by atoms with Gasteiger partial charge in [0.2, 0.25) is 0 Å². The molecule has 4 heteroatoms. The van der Waals surface area contributed by atoms with E-state index in [4.69, 9.17) is 10.8 Å². The average Bonchev–Trinajstić information content (AvgIpc) is 2.18. The normalized spacial score (nSPS) is 12.6. The van der Waals surface area contributed by atoms with Crippen molar-refractivity contribution < 1.29 is 5.11 Å². The third-order valence-corrected chi connectivity index (χ3v) is 2.68. The summed E-state index contributed by atoms with van der Waals surface area (Å²) in [5.41, 5.74) is 6.73. The fraction of sp³-hybridized carbons (Fsp3) is 0.400. The number of benzene rings is 1. The van der Waals surface area contributed by atoms with Gasteiger partial charge in [0.1, 0.15) is 0 Å². The minimum atomic E-state index is -0.202. The lowest BCUT2D eigenvalue weighted by molar-refractivity contribution is 0.267. The van der Waals surface area contributed by atoms with Crippen molar-refractivity contribution in [2.24, 2.45) is 5.73 Å². The molecule has 0 saturated heterocycles. The maximum atomic E-state index is 8.84. The molecular weight excluding hydrogens is 244 g/mol. The number of aliphatic hydroxyl groups is 1. The first-order chi connectivity index (χ1) is 6.65. The minimum Gasteiger partial charge on any atom is -0.395 e. The zero-order valence-corrected chi connectivity index (χ0v) is 9.74. The van der Waals surface area contributed by atoms with Gasteiger partial charge in [0.25, 0.3) is 0 Å². The van der Waals surface area contributed by atoms with Gasteiger partial charge in [-0.2, -0.15) is 0 Å². The van der Waals surface area contributed by atoms with Crippen LogP contribution in [-0.4, -0.2) is 31.3 Å². The lowest BCUT2D eigenvalue weighted by Gasteiger charge is -2.23. The molecule has 0 aromatic heterocycles. The van der Waals surface area contributed by atoms with Gasteiger partial charge in [0.05, 0.1) is 12.3 Å². The molecule has 0 heterocycles. The highest BCUT2D eigenvalue weighted by atomic mass is 79.9. The highest BCUT2D eigenvalue weighted by molar-refractivity contribution is 9.10. The van der Waals surface area contributed by atoms with E-state index in [1.807, 2.05) is 36.2 Å². The Morgan fingerprint density at radius 3 is 2.71 bits per heavy atom. The number of halogens is 1. The zero-order valence-electron chi connectivity index (χ0n) is 8.15. The maximum Gasteiger partial charge on any atom is 0.0599 e. The molecule has 0 amide bonds. The first-order valence-corrected chi connectivity index (χ1v) is 5.26.